The van der Waals surface area contributed by atoms with E-state index in [4.69, 9.17) is 15.2 Å². The zero-order valence-corrected chi connectivity index (χ0v) is 15.6. The molecule has 9 nitrogen and oxygen atoms in total. The summed E-state index contributed by atoms with van der Waals surface area (Å²) in [4.78, 5) is 36.4. The molecule has 0 saturated carbocycles. The maximum atomic E-state index is 12.8. The van der Waals surface area contributed by atoms with Gasteiger partial charge in [-0.15, -0.1) is 0 Å². The van der Waals surface area contributed by atoms with E-state index in [-0.39, 0.29) is 12.1 Å². The van der Waals surface area contributed by atoms with Crippen molar-refractivity contribution in [2.45, 2.75) is 25.8 Å². The quantitative estimate of drug-likeness (QED) is 0.557. The number of amides is 2. The lowest BCUT2D eigenvalue weighted by molar-refractivity contribution is -0.145. The van der Waals surface area contributed by atoms with Crippen LogP contribution in [0.2, 0.25) is 0 Å². The normalized spacial score (nSPS) is 16.6. The van der Waals surface area contributed by atoms with E-state index in [0.717, 1.165) is 6.42 Å². The third kappa shape index (κ3) is 4.76. The molecule has 0 bridgehead atoms. The van der Waals surface area contributed by atoms with Gasteiger partial charge in [0.2, 0.25) is 5.91 Å². The highest BCUT2D eigenvalue weighted by atomic mass is 16.5. The molecular formula is C18H24N4O5. The average Bonchev–Trinajstić information content (AvgIpc) is 2.93. The van der Waals surface area contributed by atoms with Crippen LogP contribution < -0.4 is 21.2 Å². The second-order valence-electron chi connectivity index (χ2n) is 5.98. The number of hydrogen-bond donors (Lipinski definition) is 3. The molecule has 1 aliphatic heterocycles. The average molecular weight is 376 g/mol. The van der Waals surface area contributed by atoms with Crippen LogP contribution in [0.1, 0.15) is 30.1 Å². The molecule has 1 heterocycles. The Kier molecular flexibility index (Phi) is 6.78. The lowest BCUT2D eigenvalue weighted by atomic mass is 10.1. The number of hydrogen-bond acceptors (Lipinski definition) is 7. The standard InChI is InChI=1S/C18H24N4O5/c1-4-9-27-13-8-6-5-7-11(13)17(24)20-15-12(10-14(19)23)21-22(2)16(15)18(25)26-3/h5-8,16,21H,4,9-10H2,1-3H3,(H2,19,23)(H,20,24). The van der Waals surface area contributed by atoms with Gasteiger partial charge in [-0.1, -0.05) is 19.1 Å². The van der Waals surface area contributed by atoms with E-state index >= 15 is 0 Å². The number of carbonyl (C=O) groups excluding carboxylic acids is 3. The molecule has 1 aromatic rings. The Morgan fingerprint density at radius 3 is 2.63 bits per heavy atom. The number of carbonyl (C=O) groups is 3. The number of ether oxygens (including phenoxy) is 2. The summed E-state index contributed by atoms with van der Waals surface area (Å²) in [5.74, 6) is -1.22. The summed E-state index contributed by atoms with van der Waals surface area (Å²) < 4.78 is 10.4. The van der Waals surface area contributed by atoms with E-state index in [1.807, 2.05) is 6.92 Å². The van der Waals surface area contributed by atoms with Crippen molar-refractivity contribution < 1.29 is 23.9 Å². The van der Waals surface area contributed by atoms with Crippen LogP contribution in [0.3, 0.4) is 0 Å². The highest BCUT2D eigenvalue weighted by Crippen LogP contribution is 2.23. The monoisotopic (exact) mass is 376 g/mol. The summed E-state index contributed by atoms with van der Waals surface area (Å²) in [5, 5.41) is 4.15. The van der Waals surface area contributed by atoms with Gasteiger partial charge in [-0.3, -0.25) is 9.59 Å². The predicted molar refractivity (Wildman–Crippen MR) is 97.2 cm³/mol. The van der Waals surface area contributed by atoms with Crippen LogP contribution in [0.15, 0.2) is 35.7 Å². The molecule has 0 saturated heterocycles. The van der Waals surface area contributed by atoms with E-state index in [2.05, 4.69) is 10.7 Å². The number of nitrogens with two attached hydrogens (primary N) is 1. The number of para-hydroxylation sites is 1. The Bertz CT molecular complexity index is 762. The molecule has 1 aliphatic rings. The van der Waals surface area contributed by atoms with Gasteiger partial charge in [-0.05, 0) is 18.6 Å². The molecule has 9 heteroatoms. The lowest BCUT2D eigenvalue weighted by Crippen LogP contribution is -2.44. The van der Waals surface area contributed by atoms with Crippen LogP contribution in [0, 0.1) is 0 Å². The van der Waals surface area contributed by atoms with Crippen molar-refractivity contribution in [1.29, 1.82) is 0 Å². The van der Waals surface area contributed by atoms with Gasteiger partial charge in [0, 0.05) is 7.05 Å². The number of nitrogens with zero attached hydrogens (tertiary/aromatic N) is 1. The molecule has 1 atom stereocenters. The van der Waals surface area contributed by atoms with E-state index in [9.17, 15) is 14.4 Å². The fourth-order valence-electron chi connectivity index (χ4n) is 2.72. The molecule has 0 fully saturated rings. The first-order valence-corrected chi connectivity index (χ1v) is 8.50. The van der Waals surface area contributed by atoms with Gasteiger partial charge in [0.05, 0.1) is 37.1 Å². The van der Waals surface area contributed by atoms with Gasteiger partial charge < -0.3 is 25.9 Å². The first-order chi connectivity index (χ1) is 12.9. The van der Waals surface area contributed by atoms with Crippen LogP contribution in [0.5, 0.6) is 5.75 Å². The van der Waals surface area contributed by atoms with E-state index in [0.29, 0.717) is 23.6 Å². The van der Waals surface area contributed by atoms with Crippen LogP contribution in [-0.4, -0.2) is 49.6 Å². The summed E-state index contributed by atoms with van der Waals surface area (Å²) in [6.07, 6.45) is 0.629. The van der Waals surface area contributed by atoms with Crippen LogP contribution in [0.4, 0.5) is 0 Å². The molecule has 0 aromatic heterocycles. The Labute approximate surface area is 157 Å². The van der Waals surface area contributed by atoms with Crippen molar-refractivity contribution in [3.05, 3.63) is 41.2 Å². The van der Waals surface area contributed by atoms with Gasteiger partial charge in [-0.25, -0.2) is 9.80 Å². The summed E-state index contributed by atoms with van der Waals surface area (Å²) in [5.41, 5.74) is 9.02. The van der Waals surface area contributed by atoms with E-state index in [1.165, 1.54) is 12.1 Å². The number of esters is 1. The minimum Gasteiger partial charge on any atom is -0.493 e. The van der Waals surface area contributed by atoms with Gasteiger partial charge in [0.25, 0.3) is 5.91 Å². The summed E-state index contributed by atoms with van der Waals surface area (Å²) in [6.45, 7) is 2.43. The first kappa shape index (κ1) is 20.2. The zero-order valence-electron chi connectivity index (χ0n) is 15.6. The smallest absolute Gasteiger partial charge is 0.331 e. The minimum atomic E-state index is -0.919. The van der Waals surface area contributed by atoms with Crippen molar-refractivity contribution in [1.82, 2.24) is 15.8 Å². The SMILES string of the molecule is CCCOc1ccccc1C(=O)NC1=C(CC(N)=O)NN(C)C1C(=O)OC. The van der Waals surface area contributed by atoms with Gasteiger partial charge in [-0.2, -0.15) is 0 Å². The number of benzene rings is 1. The van der Waals surface area contributed by atoms with Crippen molar-refractivity contribution in [3.8, 4) is 5.75 Å². The molecule has 2 rings (SSSR count). The molecular weight excluding hydrogens is 352 g/mol. The summed E-state index contributed by atoms with van der Waals surface area (Å²) in [6, 6.07) is 5.87. The Morgan fingerprint density at radius 2 is 2.00 bits per heavy atom. The number of primary amides is 1. The van der Waals surface area contributed by atoms with Gasteiger partial charge in [0.1, 0.15) is 5.75 Å². The molecule has 4 N–H and O–H groups in total. The number of nitrogens with one attached hydrogen (secondary N) is 2. The van der Waals surface area contributed by atoms with Crippen LogP contribution in [0.25, 0.3) is 0 Å². The van der Waals surface area contributed by atoms with Crippen molar-refractivity contribution in [3.63, 3.8) is 0 Å². The van der Waals surface area contributed by atoms with Crippen LogP contribution >= 0.6 is 0 Å². The molecule has 0 spiro atoms. The summed E-state index contributed by atoms with van der Waals surface area (Å²) >= 11 is 0. The Balaban J connectivity index is 2.34. The second kappa shape index (κ2) is 9.04. The fraction of sp³-hybridized carbons (Fsp3) is 0.389. The van der Waals surface area contributed by atoms with Gasteiger partial charge >= 0.3 is 5.97 Å². The molecule has 146 valence electrons. The molecule has 0 radical (unpaired) electrons. The maximum Gasteiger partial charge on any atom is 0.331 e. The third-order valence-corrected chi connectivity index (χ3v) is 3.91. The second-order valence-corrected chi connectivity index (χ2v) is 5.98. The molecule has 1 unspecified atom stereocenters. The van der Waals surface area contributed by atoms with Crippen molar-refractivity contribution >= 4 is 17.8 Å². The van der Waals surface area contributed by atoms with Crippen molar-refractivity contribution in [2.75, 3.05) is 20.8 Å². The molecule has 2 amide bonds. The largest absolute Gasteiger partial charge is 0.493 e. The molecule has 27 heavy (non-hydrogen) atoms. The summed E-state index contributed by atoms with van der Waals surface area (Å²) in [7, 11) is 2.84. The van der Waals surface area contributed by atoms with E-state index < -0.39 is 23.8 Å². The third-order valence-electron chi connectivity index (χ3n) is 3.91. The predicted octanol–water partition coefficient (Wildman–Crippen LogP) is 0.284. The first-order valence-electron chi connectivity index (χ1n) is 8.50. The maximum absolute atomic E-state index is 12.8. The molecule has 1 aromatic carbocycles. The van der Waals surface area contributed by atoms with Crippen molar-refractivity contribution in [2.24, 2.45) is 5.73 Å². The van der Waals surface area contributed by atoms with E-state index in [1.54, 1.807) is 31.3 Å². The number of methoxy groups -OCH3 is 1. The fourth-order valence-corrected chi connectivity index (χ4v) is 2.72. The Morgan fingerprint density at radius 1 is 1.30 bits per heavy atom. The Hall–Kier alpha value is -3.07. The highest BCUT2D eigenvalue weighted by Gasteiger charge is 2.38. The van der Waals surface area contributed by atoms with Gasteiger partial charge in [0.15, 0.2) is 6.04 Å². The number of hydrazine groups is 1. The van der Waals surface area contributed by atoms with Crippen LogP contribution in [-0.2, 0) is 14.3 Å². The molecule has 0 aliphatic carbocycles. The zero-order chi connectivity index (χ0) is 20.0. The minimum absolute atomic E-state index is 0.165. The number of rotatable bonds is 8. The highest BCUT2D eigenvalue weighted by molar-refractivity contribution is 5.99. The lowest BCUT2D eigenvalue weighted by Gasteiger charge is -2.20. The topological polar surface area (TPSA) is 123 Å². The number of likely N-dealkylation sites (N-methyl/N-ethyl adjacent to an activating group) is 1.